The Balaban J connectivity index is 1.11. The monoisotopic (exact) mass is 346 g/mol. The van der Waals surface area contributed by atoms with Crippen molar-refractivity contribution >= 4 is 22.5 Å². The van der Waals surface area contributed by atoms with Crippen molar-refractivity contribution in [2.24, 2.45) is 17.8 Å². The van der Waals surface area contributed by atoms with Crippen molar-refractivity contribution < 1.29 is 4.79 Å². The van der Waals surface area contributed by atoms with Gasteiger partial charge in [0, 0.05) is 48.6 Å². The largest absolute Gasteiger partial charge is 0.371 e. The topological polar surface area (TPSA) is 61.0 Å². The van der Waals surface area contributed by atoms with Gasteiger partial charge in [-0.15, -0.1) is 0 Å². The molecule has 3 atom stereocenters. The van der Waals surface area contributed by atoms with Gasteiger partial charge < -0.3 is 15.2 Å². The van der Waals surface area contributed by atoms with E-state index in [0.717, 1.165) is 54.7 Å². The number of benzene rings is 1. The van der Waals surface area contributed by atoms with Crippen LogP contribution < -0.4 is 10.2 Å². The van der Waals surface area contributed by atoms with Crippen molar-refractivity contribution in [1.82, 2.24) is 15.3 Å². The first-order valence-electron chi connectivity index (χ1n) is 9.30. The molecular formula is C21H22N4O. The van der Waals surface area contributed by atoms with Crippen molar-refractivity contribution in [2.75, 3.05) is 24.5 Å². The molecule has 5 rings (SSSR count). The van der Waals surface area contributed by atoms with Crippen LogP contribution in [0.1, 0.15) is 16.9 Å². The third kappa shape index (κ3) is 2.73. The zero-order valence-electron chi connectivity index (χ0n) is 14.6. The highest BCUT2D eigenvalue weighted by molar-refractivity contribution is 5.97. The quantitative estimate of drug-likeness (QED) is 0.746. The van der Waals surface area contributed by atoms with Crippen molar-refractivity contribution in [2.45, 2.75) is 6.42 Å². The van der Waals surface area contributed by atoms with Gasteiger partial charge in [0.15, 0.2) is 0 Å². The van der Waals surface area contributed by atoms with Crippen molar-refractivity contribution in [3.8, 4) is 0 Å². The lowest BCUT2D eigenvalue weighted by Crippen LogP contribution is -2.27. The third-order valence-electron chi connectivity index (χ3n) is 5.92. The van der Waals surface area contributed by atoms with E-state index in [9.17, 15) is 4.79 Å². The molecule has 1 saturated carbocycles. The molecule has 0 radical (unpaired) electrons. The van der Waals surface area contributed by atoms with Crippen LogP contribution >= 0.6 is 0 Å². The summed E-state index contributed by atoms with van der Waals surface area (Å²) in [5, 5.41) is 4.03. The van der Waals surface area contributed by atoms with E-state index in [2.05, 4.69) is 50.5 Å². The number of fused-ring (bicyclic) bond motifs is 2. The molecule has 1 unspecified atom stereocenters. The van der Waals surface area contributed by atoms with Gasteiger partial charge in [0.1, 0.15) is 5.69 Å². The maximum absolute atomic E-state index is 12.3. The van der Waals surface area contributed by atoms with Crippen molar-refractivity contribution in [1.29, 1.82) is 0 Å². The Morgan fingerprint density at radius 3 is 2.77 bits per heavy atom. The van der Waals surface area contributed by atoms with Crippen LogP contribution in [0, 0.1) is 17.8 Å². The molecule has 5 heteroatoms. The second-order valence-electron chi connectivity index (χ2n) is 7.42. The number of aromatic amines is 1. The lowest BCUT2D eigenvalue weighted by atomic mass is 10.2. The predicted molar refractivity (Wildman–Crippen MR) is 102 cm³/mol. The number of pyridine rings is 1. The first-order chi connectivity index (χ1) is 12.8. The van der Waals surface area contributed by atoms with Crippen LogP contribution in [0.15, 0.2) is 54.9 Å². The van der Waals surface area contributed by atoms with Crippen molar-refractivity contribution in [3.05, 3.63) is 60.6 Å². The van der Waals surface area contributed by atoms with Crippen LogP contribution in [0.25, 0.3) is 10.9 Å². The van der Waals surface area contributed by atoms with E-state index >= 15 is 0 Å². The SMILES string of the molecule is O=C(NCCC1[C@H]2CN(c3ccccc3)C[C@@H]12)c1cc2cnccc2[nH]1. The number of carbonyl (C=O) groups excluding carboxylic acids is 1. The van der Waals surface area contributed by atoms with Gasteiger partial charge in [0.25, 0.3) is 5.91 Å². The summed E-state index contributed by atoms with van der Waals surface area (Å²) in [7, 11) is 0. The molecule has 2 aliphatic rings. The molecule has 1 amide bonds. The highest BCUT2D eigenvalue weighted by Gasteiger charge is 2.54. The summed E-state index contributed by atoms with van der Waals surface area (Å²) in [5.74, 6) is 2.33. The summed E-state index contributed by atoms with van der Waals surface area (Å²) < 4.78 is 0. The molecule has 132 valence electrons. The number of para-hydroxylation sites is 1. The van der Waals surface area contributed by atoms with E-state index in [4.69, 9.17) is 0 Å². The minimum Gasteiger partial charge on any atom is -0.371 e. The van der Waals surface area contributed by atoms with E-state index in [0.29, 0.717) is 5.69 Å². The van der Waals surface area contributed by atoms with Crippen LogP contribution in [0.2, 0.25) is 0 Å². The molecule has 0 spiro atoms. The molecule has 1 aliphatic heterocycles. The molecule has 26 heavy (non-hydrogen) atoms. The van der Waals surface area contributed by atoms with Gasteiger partial charge in [-0.05, 0) is 48.4 Å². The average Bonchev–Trinajstić information content (AvgIpc) is 3.07. The number of anilines is 1. The Hall–Kier alpha value is -2.82. The number of rotatable bonds is 5. The summed E-state index contributed by atoms with van der Waals surface area (Å²) in [6.45, 7) is 3.06. The molecular weight excluding hydrogens is 324 g/mol. The second-order valence-corrected chi connectivity index (χ2v) is 7.42. The van der Waals surface area contributed by atoms with Crippen LogP contribution in [0.3, 0.4) is 0 Å². The number of nitrogens with zero attached hydrogens (tertiary/aromatic N) is 2. The van der Waals surface area contributed by atoms with E-state index < -0.39 is 0 Å². The van der Waals surface area contributed by atoms with E-state index in [1.165, 1.54) is 5.69 Å². The Morgan fingerprint density at radius 2 is 2.00 bits per heavy atom. The maximum Gasteiger partial charge on any atom is 0.267 e. The Bertz CT molecular complexity index is 890. The normalized spacial score (nSPS) is 23.8. The fourth-order valence-electron chi connectivity index (χ4n) is 4.47. The second kappa shape index (κ2) is 6.16. The van der Waals surface area contributed by atoms with Crippen LogP contribution in [0.5, 0.6) is 0 Å². The predicted octanol–water partition coefficient (Wildman–Crippen LogP) is 3.07. The number of hydrogen-bond acceptors (Lipinski definition) is 3. The van der Waals surface area contributed by atoms with Gasteiger partial charge in [0.05, 0.1) is 0 Å². The van der Waals surface area contributed by atoms with Gasteiger partial charge in [0.2, 0.25) is 0 Å². The number of H-pyrrole nitrogens is 1. The molecule has 2 fully saturated rings. The molecule has 1 aromatic carbocycles. The Labute approximate surface area is 152 Å². The Kier molecular flexibility index (Phi) is 3.66. The zero-order chi connectivity index (χ0) is 17.5. The number of amides is 1. The van der Waals surface area contributed by atoms with Crippen molar-refractivity contribution in [3.63, 3.8) is 0 Å². The van der Waals surface area contributed by atoms with Crippen LogP contribution in [-0.2, 0) is 0 Å². The van der Waals surface area contributed by atoms with Gasteiger partial charge in [-0.25, -0.2) is 0 Å². The van der Waals surface area contributed by atoms with Gasteiger partial charge >= 0.3 is 0 Å². The highest BCUT2D eigenvalue weighted by Crippen LogP contribution is 2.54. The van der Waals surface area contributed by atoms with Gasteiger partial charge in [-0.3, -0.25) is 9.78 Å². The highest BCUT2D eigenvalue weighted by atomic mass is 16.1. The summed E-state index contributed by atoms with van der Waals surface area (Å²) in [4.78, 5) is 22.1. The van der Waals surface area contributed by atoms with E-state index in [1.807, 2.05) is 12.1 Å². The first kappa shape index (κ1) is 15.4. The van der Waals surface area contributed by atoms with Gasteiger partial charge in [-0.1, -0.05) is 18.2 Å². The zero-order valence-corrected chi connectivity index (χ0v) is 14.6. The third-order valence-corrected chi connectivity index (χ3v) is 5.92. The van der Waals surface area contributed by atoms with E-state index in [1.54, 1.807) is 12.4 Å². The first-order valence-corrected chi connectivity index (χ1v) is 9.30. The summed E-state index contributed by atoms with van der Waals surface area (Å²) >= 11 is 0. The Morgan fingerprint density at radius 1 is 1.19 bits per heavy atom. The molecule has 0 bridgehead atoms. The summed E-state index contributed by atoms with van der Waals surface area (Å²) in [5.41, 5.74) is 2.89. The lowest BCUT2D eigenvalue weighted by molar-refractivity contribution is 0.0948. The molecule has 3 aromatic rings. The molecule has 3 heterocycles. The number of carbonyl (C=O) groups is 1. The molecule has 2 N–H and O–H groups in total. The molecule has 2 aromatic heterocycles. The average molecular weight is 346 g/mol. The minimum absolute atomic E-state index is 0.0297. The van der Waals surface area contributed by atoms with E-state index in [-0.39, 0.29) is 5.91 Å². The number of piperidine rings is 1. The number of nitrogens with one attached hydrogen (secondary N) is 2. The van der Waals surface area contributed by atoms with Crippen LogP contribution in [-0.4, -0.2) is 35.5 Å². The fourth-order valence-corrected chi connectivity index (χ4v) is 4.47. The molecule has 5 nitrogen and oxygen atoms in total. The summed E-state index contributed by atoms with van der Waals surface area (Å²) in [6, 6.07) is 14.4. The molecule has 1 aliphatic carbocycles. The lowest BCUT2D eigenvalue weighted by Gasteiger charge is -2.22. The smallest absolute Gasteiger partial charge is 0.267 e. The minimum atomic E-state index is -0.0297. The standard InChI is InChI=1S/C21H22N4O/c26-21(20-10-14-11-22-8-7-19(14)24-20)23-9-6-16-17-12-25(13-18(16)17)15-4-2-1-3-5-15/h1-5,7-8,10-11,16-18,24H,6,9,12-13H2,(H,23,26)/t16?,17-,18+. The fraction of sp³-hybridized carbons (Fsp3) is 0.333. The number of aromatic nitrogens is 2. The number of hydrogen-bond donors (Lipinski definition) is 2. The molecule has 1 saturated heterocycles. The summed E-state index contributed by atoms with van der Waals surface area (Å²) in [6.07, 6.45) is 4.57. The van der Waals surface area contributed by atoms with Crippen LogP contribution in [0.4, 0.5) is 5.69 Å². The maximum atomic E-state index is 12.3. The van der Waals surface area contributed by atoms with Gasteiger partial charge in [-0.2, -0.15) is 0 Å².